The highest BCUT2D eigenvalue weighted by Crippen LogP contribution is 2.32. The summed E-state index contributed by atoms with van der Waals surface area (Å²) >= 11 is 1.24. The number of hydrogen-bond donors (Lipinski definition) is 1. The van der Waals surface area contributed by atoms with Crippen molar-refractivity contribution in [3.05, 3.63) is 52.6 Å². The van der Waals surface area contributed by atoms with Crippen LogP contribution in [0.1, 0.15) is 13.8 Å². The van der Waals surface area contributed by atoms with E-state index >= 15 is 0 Å². The third kappa shape index (κ3) is 5.17. The van der Waals surface area contributed by atoms with E-state index in [4.69, 9.17) is 9.47 Å². The minimum Gasteiger partial charge on any atom is -0.494 e. The molecule has 0 radical (unpaired) electrons. The Morgan fingerprint density at radius 1 is 1.19 bits per heavy atom. The molecule has 1 aromatic heterocycles. The van der Waals surface area contributed by atoms with Crippen molar-refractivity contribution in [3.8, 4) is 22.9 Å². The van der Waals surface area contributed by atoms with Crippen LogP contribution in [-0.2, 0) is 11.3 Å². The Labute approximate surface area is 189 Å². The maximum Gasteiger partial charge on any atom is 0.273 e. The zero-order valence-corrected chi connectivity index (χ0v) is 18.7. The fourth-order valence-electron chi connectivity index (χ4n) is 3.03. The van der Waals surface area contributed by atoms with Crippen LogP contribution in [0.15, 0.2) is 47.6 Å². The van der Waals surface area contributed by atoms with Crippen LogP contribution in [0.4, 0.5) is 11.4 Å². The van der Waals surface area contributed by atoms with Crippen molar-refractivity contribution in [1.29, 1.82) is 0 Å². The van der Waals surface area contributed by atoms with E-state index in [1.165, 1.54) is 37.1 Å². The van der Waals surface area contributed by atoms with Crippen LogP contribution in [-0.4, -0.2) is 45.1 Å². The van der Waals surface area contributed by atoms with Crippen LogP contribution >= 0.6 is 11.8 Å². The second kappa shape index (κ2) is 10.6. The number of methoxy groups -OCH3 is 1. The topological polar surface area (TPSA) is 121 Å². The van der Waals surface area contributed by atoms with Crippen LogP contribution in [0.5, 0.6) is 11.5 Å². The molecular weight excluding hydrogens is 434 g/mol. The highest BCUT2D eigenvalue weighted by Gasteiger charge is 2.18. The van der Waals surface area contributed by atoms with Crippen molar-refractivity contribution < 1.29 is 19.2 Å². The van der Waals surface area contributed by atoms with Crippen molar-refractivity contribution in [2.45, 2.75) is 25.5 Å². The number of non-ortho nitro benzene ring substituents is 1. The van der Waals surface area contributed by atoms with Gasteiger partial charge < -0.3 is 19.4 Å². The van der Waals surface area contributed by atoms with E-state index in [9.17, 15) is 14.9 Å². The van der Waals surface area contributed by atoms with Gasteiger partial charge in [0.15, 0.2) is 11.0 Å². The Morgan fingerprint density at radius 2 is 1.97 bits per heavy atom. The summed E-state index contributed by atoms with van der Waals surface area (Å²) in [5.41, 5.74) is 1.06. The number of anilines is 1. The third-order valence-corrected chi connectivity index (χ3v) is 5.43. The van der Waals surface area contributed by atoms with Gasteiger partial charge in [-0.3, -0.25) is 14.9 Å². The SMILES string of the molecule is CCOc1ccccc1-c1nnc(SCC(=O)Nc2ccc([N+](=O)[O-])cc2OC)n1CC. The average molecular weight is 458 g/mol. The summed E-state index contributed by atoms with van der Waals surface area (Å²) in [4.78, 5) is 22.9. The number of benzene rings is 2. The Kier molecular flexibility index (Phi) is 7.66. The molecule has 1 amide bonds. The quantitative estimate of drug-likeness (QED) is 0.275. The number of ether oxygens (including phenoxy) is 2. The van der Waals surface area contributed by atoms with E-state index in [1.54, 1.807) is 0 Å². The number of rotatable bonds is 10. The standard InChI is InChI=1S/C21H23N5O5S/c1-4-25-20(15-8-6-7-9-17(15)31-5-2)23-24-21(25)32-13-19(27)22-16-11-10-14(26(28)29)12-18(16)30-3/h6-12H,4-5,13H2,1-3H3,(H,22,27). The van der Waals surface area contributed by atoms with Crippen LogP contribution in [0.3, 0.4) is 0 Å². The van der Waals surface area contributed by atoms with Gasteiger partial charge in [-0.1, -0.05) is 23.9 Å². The van der Waals surface area contributed by atoms with Gasteiger partial charge in [0.2, 0.25) is 5.91 Å². The number of nitrogens with one attached hydrogen (secondary N) is 1. The highest BCUT2D eigenvalue weighted by molar-refractivity contribution is 7.99. The number of nitrogens with zero attached hydrogens (tertiary/aromatic N) is 4. The molecule has 10 nitrogen and oxygen atoms in total. The van der Waals surface area contributed by atoms with Crippen LogP contribution < -0.4 is 14.8 Å². The van der Waals surface area contributed by atoms with Gasteiger partial charge in [-0.25, -0.2) is 0 Å². The van der Waals surface area contributed by atoms with Gasteiger partial charge in [0.25, 0.3) is 5.69 Å². The highest BCUT2D eigenvalue weighted by atomic mass is 32.2. The zero-order valence-electron chi connectivity index (χ0n) is 17.9. The number of thioether (sulfide) groups is 1. The molecular formula is C21H23N5O5S. The van der Waals surface area contributed by atoms with Gasteiger partial charge in [-0.15, -0.1) is 10.2 Å². The van der Waals surface area contributed by atoms with E-state index in [0.29, 0.717) is 29.8 Å². The number of aromatic nitrogens is 3. The molecule has 0 atom stereocenters. The molecule has 0 saturated heterocycles. The van der Waals surface area contributed by atoms with Crippen LogP contribution in [0, 0.1) is 10.1 Å². The lowest BCUT2D eigenvalue weighted by atomic mass is 10.2. The first-order chi connectivity index (χ1) is 15.5. The molecule has 0 aliphatic rings. The number of nitro benzene ring substituents is 1. The maximum atomic E-state index is 12.5. The maximum absolute atomic E-state index is 12.5. The number of amides is 1. The molecule has 0 aliphatic carbocycles. The molecule has 2 aromatic carbocycles. The molecule has 0 bridgehead atoms. The number of carbonyl (C=O) groups is 1. The predicted molar refractivity (Wildman–Crippen MR) is 121 cm³/mol. The predicted octanol–water partition coefficient (Wildman–Crippen LogP) is 4.01. The van der Waals surface area contributed by atoms with Gasteiger partial charge in [-0.2, -0.15) is 0 Å². The molecule has 1 heterocycles. The summed E-state index contributed by atoms with van der Waals surface area (Å²) in [7, 11) is 1.38. The van der Waals surface area contributed by atoms with Crippen molar-refractivity contribution >= 4 is 29.0 Å². The Morgan fingerprint density at radius 3 is 2.66 bits per heavy atom. The first-order valence-corrected chi connectivity index (χ1v) is 10.9. The Balaban J connectivity index is 1.73. The van der Waals surface area contributed by atoms with Gasteiger partial charge >= 0.3 is 0 Å². The number of para-hydroxylation sites is 1. The normalized spacial score (nSPS) is 10.6. The molecule has 3 rings (SSSR count). The van der Waals surface area contributed by atoms with E-state index in [0.717, 1.165) is 11.3 Å². The molecule has 1 N–H and O–H groups in total. The summed E-state index contributed by atoms with van der Waals surface area (Å²) < 4.78 is 12.8. The summed E-state index contributed by atoms with van der Waals surface area (Å²) in [6.07, 6.45) is 0. The summed E-state index contributed by atoms with van der Waals surface area (Å²) in [5.74, 6) is 1.37. The second-order valence-corrected chi connectivity index (χ2v) is 7.40. The number of nitro groups is 1. The second-order valence-electron chi connectivity index (χ2n) is 6.46. The molecule has 0 aliphatic heterocycles. The number of hydrogen-bond acceptors (Lipinski definition) is 8. The van der Waals surface area contributed by atoms with Gasteiger partial charge in [-0.05, 0) is 32.0 Å². The summed E-state index contributed by atoms with van der Waals surface area (Å²) in [5, 5.41) is 22.8. The lowest BCUT2D eigenvalue weighted by molar-refractivity contribution is -0.384. The average Bonchev–Trinajstić information content (AvgIpc) is 3.21. The largest absolute Gasteiger partial charge is 0.494 e. The van der Waals surface area contributed by atoms with Crippen molar-refractivity contribution in [2.24, 2.45) is 0 Å². The molecule has 3 aromatic rings. The van der Waals surface area contributed by atoms with Gasteiger partial charge in [0.05, 0.1) is 41.7 Å². The van der Waals surface area contributed by atoms with Gasteiger partial charge in [0.1, 0.15) is 11.5 Å². The molecule has 32 heavy (non-hydrogen) atoms. The molecule has 0 fully saturated rings. The Hall–Kier alpha value is -3.60. The lowest BCUT2D eigenvalue weighted by Gasteiger charge is -2.12. The van der Waals surface area contributed by atoms with Gasteiger partial charge in [0, 0.05) is 12.6 Å². The minimum absolute atomic E-state index is 0.0748. The van der Waals surface area contributed by atoms with E-state index in [1.807, 2.05) is 42.7 Å². The molecule has 0 saturated carbocycles. The monoisotopic (exact) mass is 457 g/mol. The lowest BCUT2D eigenvalue weighted by Crippen LogP contribution is -2.15. The van der Waals surface area contributed by atoms with Crippen molar-refractivity contribution in [2.75, 3.05) is 24.8 Å². The summed E-state index contributed by atoms with van der Waals surface area (Å²) in [6.45, 7) is 5.04. The first kappa shape index (κ1) is 23.1. The number of carbonyl (C=O) groups excluding carboxylic acids is 1. The minimum atomic E-state index is -0.525. The third-order valence-electron chi connectivity index (χ3n) is 4.46. The molecule has 0 unspecified atom stereocenters. The molecule has 0 spiro atoms. The molecule has 11 heteroatoms. The zero-order chi connectivity index (χ0) is 23.1. The van der Waals surface area contributed by atoms with Crippen LogP contribution in [0.2, 0.25) is 0 Å². The summed E-state index contributed by atoms with van der Waals surface area (Å²) in [6, 6.07) is 11.6. The molecule has 168 valence electrons. The smallest absolute Gasteiger partial charge is 0.273 e. The fraction of sp³-hybridized carbons (Fsp3) is 0.286. The fourth-order valence-corrected chi connectivity index (χ4v) is 3.83. The van der Waals surface area contributed by atoms with E-state index in [-0.39, 0.29) is 23.1 Å². The van der Waals surface area contributed by atoms with E-state index in [2.05, 4.69) is 15.5 Å². The van der Waals surface area contributed by atoms with Crippen LogP contribution in [0.25, 0.3) is 11.4 Å². The van der Waals surface area contributed by atoms with E-state index < -0.39 is 4.92 Å². The van der Waals surface area contributed by atoms with Crippen molar-refractivity contribution in [3.63, 3.8) is 0 Å². The Bertz CT molecular complexity index is 1120. The first-order valence-electron chi connectivity index (χ1n) is 9.88. The van der Waals surface area contributed by atoms with Crippen molar-refractivity contribution in [1.82, 2.24) is 14.8 Å².